The summed E-state index contributed by atoms with van der Waals surface area (Å²) in [5, 5.41) is 15.3. The molecule has 1 aromatic heterocycles. The molecule has 6 nitrogen and oxygen atoms in total. The number of aromatic amines is 1. The number of phenols is 1. The molecular weight excluding hydrogens is 362 g/mol. The van der Waals surface area contributed by atoms with Gasteiger partial charge in [-0.25, -0.2) is 0 Å². The van der Waals surface area contributed by atoms with E-state index in [4.69, 9.17) is 0 Å². The maximum absolute atomic E-state index is 12.9. The number of amides is 1. The molecule has 3 N–H and O–H groups in total. The normalized spacial score (nSPS) is 21.6. The van der Waals surface area contributed by atoms with Gasteiger partial charge in [0.1, 0.15) is 11.6 Å². The summed E-state index contributed by atoms with van der Waals surface area (Å²) in [5.74, 6) is 1.03. The van der Waals surface area contributed by atoms with Gasteiger partial charge in [-0.05, 0) is 30.5 Å². The van der Waals surface area contributed by atoms with E-state index in [1.165, 1.54) is 31.0 Å². The van der Waals surface area contributed by atoms with Crippen molar-refractivity contribution in [2.45, 2.75) is 56.2 Å². The van der Waals surface area contributed by atoms with E-state index in [1.54, 1.807) is 12.1 Å². The second kappa shape index (κ2) is 7.84. The van der Waals surface area contributed by atoms with Crippen LogP contribution in [0.2, 0.25) is 0 Å². The summed E-state index contributed by atoms with van der Waals surface area (Å²) in [6.07, 6.45) is 8.05. The number of hydrogen-bond donors (Lipinski definition) is 3. The van der Waals surface area contributed by atoms with Crippen LogP contribution < -0.4 is 10.9 Å². The Morgan fingerprint density at radius 2 is 1.67 bits per heavy atom. The molecule has 1 amide bonds. The van der Waals surface area contributed by atoms with E-state index in [0.717, 1.165) is 31.2 Å². The van der Waals surface area contributed by atoms with Crippen LogP contribution in [0.15, 0.2) is 29.1 Å². The molecule has 4 rings (SSSR count). The van der Waals surface area contributed by atoms with Crippen LogP contribution in [0, 0.1) is 0 Å². The van der Waals surface area contributed by atoms with Gasteiger partial charge in [-0.2, -0.15) is 0 Å². The van der Waals surface area contributed by atoms with Crippen molar-refractivity contribution < 1.29 is 9.90 Å². The van der Waals surface area contributed by atoms with Gasteiger partial charge in [0.2, 0.25) is 5.91 Å². The molecule has 1 fully saturated rings. The Morgan fingerprint density at radius 1 is 1.00 bits per heavy atom. The first-order chi connectivity index (χ1) is 13.1. The standard InChI is InChI=1S/C20H25N3O3S/c24-15-10-8-13(9-11-15)18-17-19(21-16(25)12-27-18)23(22-20(17)26)14-6-4-2-1-3-5-7-14/h8-11,14,18,24H,1-7,12H2,(H,21,25)(H,22,26)/t18-/m1/s1. The molecule has 144 valence electrons. The van der Waals surface area contributed by atoms with E-state index >= 15 is 0 Å². The fraction of sp³-hybridized carbons (Fsp3) is 0.500. The number of anilines is 1. The van der Waals surface area contributed by atoms with Gasteiger partial charge in [0.05, 0.1) is 22.6 Å². The molecule has 2 aromatic rings. The molecule has 1 aliphatic carbocycles. The van der Waals surface area contributed by atoms with E-state index in [-0.39, 0.29) is 28.5 Å². The highest BCUT2D eigenvalue weighted by Crippen LogP contribution is 2.41. The zero-order chi connectivity index (χ0) is 18.8. The van der Waals surface area contributed by atoms with Crippen LogP contribution in [0.25, 0.3) is 0 Å². The number of H-pyrrole nitrogens is 1. The van der Waals surface area contributed by atoms with Crippen molar-refractivity contribution in [2.24, 2.45) is 0 Å². The quantitative estimate of drug-likeness (QED) is 0.728. The average molecular weight is 388 g/mol. The third-order valence-corrected chi connectivity index (χ3v) is 6.77. The van der Waals surface area contributed by atoms with E-state index < -0.39 is 0 Å². The predicted octanol–water partition coefficient (Wildman–Crippen LogP) is 3.94. The zero-order valence-corrected chi connectivity index (χ0v) is 16.1. The summed E-state index contributed by atoms with van der Waals surface area (Å²) in [4.78, 5) is 25.2. The Balaban J connectivity index is 1.76. The third kappa shape index (κ3) is 3.78. The van der Waals surface area contributed by atoms with Crippen molar-refractivity contribution in [3.63, 3.8) is 0 Å². The SMILES string of the molecule is O=C1CS[C@H](c2ccc(O)cc2)c2c(n(C3CCCCCCC3)[nH]c2=O)N1. The number of nitrogens with zero attached hydrogens (tertiary/aromatic N) is 1. The van der Waals surface area contributed by atoms with Crippen molar-refractivity contribution in [1.82, 2.24) is 9.78 Å². The summed E-state index contributed by atoms with van der Waals surface area (Å²) in [7, 11) is 0. The molecule has 2 heterocycles. The number of aromatic nitrogens is 2. The van der Waals surface area contributed by atoms with E-state index in [1.807, 2.05) is 16.8 Å². The monoisotopic (exact) mass is 387 g/mol. The number of carbonyl (C=O) groups is 1. The van der Waals surface area contributed by atoms with Gasteiger partial charge in [0, 0.05) is 0 Å². The Hall–Kier alpha value is -2.15. The second-order valence-electron chi connectivity index (χ2n) is 7.40. The second-order valence-corrected chi connectivity index (χ2v) is 8.50. The molecular formula is C20H25N3O3S. The molecule has 1 aliphatic heterocycles. The first-order valence-corrected chi connectivity index (χ1v) is 10.7. The topological polar surface area (TPSA) is 87.1 Å². The molecule has 0 radical (unpaired) electrons. The minimum Gasteiger partial charge on any atom is -0.508 e. The number of fused-ring (bicyclic) bond motifs is 1. The van der Waals surface area contributed by atoms with Crippen molar-refractivity contribution in [2.75, 3.05) is 11.1 Å². The van der Waals surface area contributed by atoms with Gasteiger partial charge in [-0.3, -0.25) is 19.4 Å². The number of aromatic hydroxyl groups is 1. The minimum atomic E-state index is -0.238. The largest absolute Gasteiger partial charge is 0.508 e. The highest BCUT2D eigenvalue weighted by Gasteiger charge is 2.32. The molecule has 1 atom stereocenters. The summed E-state index contributed by atoms with van der Waals surface area (Å²) >= 11 is 1.45. The van der Waals surface area contributed by atoms with Gasteiger partial charge in [0.15, 0.2) is 0 Å². The summed E-state index contributed by atoms with van der Waals surface area (Å²) in [5.41, 5.74) is 1.38. The number of carbonyl (C=O) groups excluding carboxylic acids is 1. The number of benzene rings is 1. The van der Waals surface area contributed by atoms with E-state index in [2.05, 4.69) is 10.4 Å². The molecule has 27 heavy (non-hydrogen) atoms. The molecule has 0 saturated heterocycles. The lowest BCUT2D eigenvalue weighted by molar-refractivity contribution is -0.113. The van der Waals surface area contributed by atoms with Crippen molar-refractivity contribution >= 4 is 23.5 Å². The van der Waals surface area contributed by atoms with Crippen LogP contribution in [0.3, 0.4) is 0 Å². The van der Waals surface area contributed by atoms with Crippen molar-refractivity contribution in [3.05, 3.63) is 45.7 Å². The van der Waals surface area contributed by atoms with Crippen LogP contribution in [0.5, 0.6) is 5.75 Å². The first-order valence-electron chi connectivity index (χ1n) is 9.68. The lowest BCUT2D eigenvalue weighted by atomic mass is 9.96. The summed E-state index contributed by atoms with van der Waals surface area (Å²) in [6.45, 7) is 0. The highest BCUT2D eigenvalue weighted by molar-refractivity contribution is 8.00. The number of phenolic OH excluding ortho intramolecular Hbond substituents is 1. The maximum atomic E-state index is 12.9. The van der Waals surface area contributed by atoms with Gasteiger partial charge >= 0.3 is 0 Å². The number of nitrogens with one attached hydrogen (secondary N) is 2. The van der Waals surface area contributed by atoms with Crippen LogP contribution in [-0.2, 0) is 4.79 Å². The Labute approximate surface area is 162 Å². The lowest BCUT2D eigenvalue weighted by Gasteiger charge is -2.23. The third-order valence-electron chi connectivity index (χ3n) is 5.50. The van der Waals surface area contributed by atoms with E-state index in [9.17, 15) is 14.7 Å². The molecule has 7 heteroatoms. The van der Waals surface area contributed by atoms with Crippen LogP contribution >= 0.6 is 11.8 Å². The van der Waals surface area contributed by atoms with E-state index in [0.29, 0.717) is 17.1 Å². The van der Waals surface area contributed by atoms with Crippen molar-refractivity contribution in [1.29, 1.82) is 0 Å². The van der Waals surface area contributed by atoms with Gasteiger partial charge in [-0.1, -0.05) is 44.2 Å². The van der Waals surface area contributed by atoms with Crippen LogP contribution in [0.4, 0.5) is 5.82 Å². The maximum Gasteiger partial charge on any atom is 0.270 e. The molecule has 0 spiro atoms. The fourth-order valence-electron chi connectivity index (χ4n) is 4.12. The molecule has 0 unspecified atom stereocenters. The average Bonchev–Trinajstić information content (AvgIpc) is 2.82. The minimum absolute atomic E-state index is 0.0823. The molecule has 1 aromatic carbocycles. The van der Waals surface area contributed by atoms with Gasteiger partial charge < -0.3 is 10.4 Å². The lowest BCUT2D eigenvalue weighted by Crippen LogP contribution is -2.20. The van der Waals surface area contributed by atoms with Gasteiger partial charge in [0.25, 0.3) is 5.56 Å². The smallest absolute Gasteiger partial charge is 0.270 e. The number of rotatable bonds is 2. The first kappa shape index (κ1) is 18.2. The zero-order valence-electron chi connectivity index (χ0n) is 15.2. The van der Waals surface area contributed by atoms with Gasteiger partial charge in [-0.15, -0.1) is 11.8 Å². The summed E-state index contributed by atoms with van der Waals surface area (Å²) < 4.78 is 1.92. The molecule has 0 bridgehead atoms. The number of thioether (sulfide) groups is 1. The predicted molar refractivity (Wildman–Crippen MR) is 107 cm³/mol. The fourth-order valence-corrected chi connectivity index (χ4v) is 5.25. The van der Waals surface area contributed by atoms with Crippen molar-refractivity contribution in [3.8, 4) is 5.75 Å². The highest BCUT2D eigenvalue weighted by atomic mass is 32.2. The van der Waals surface area contributed by atoms with Crippen LogP contribution in [-0.4, -0.2) is 26.5 Å². The Bertz CT molecular complexity index is 864. The Kier molecular flexibility index (Phi) is 5.29. The molecule has 2 aliphatic rings. The van der Waals surface area contributed by atoms with Crippen LogP contribution in [0.1, 0.15) is 67.4 Å². The molecule has 1 saturated carbocycles. The Morgan fingerprint density at radius 3 is 2.37 bits per heavy atom. The number of hydrogen-bond acceptors (Lipinski definition) is 4. The summed E-state index contributed by atoms with van der Waals surface area (Å²) in [6, 6.07) is 7.09.